The minimum absolute atomic E-state index is 0.231. The van der Waals surface area contributed by atoms with E-state index in [0.717, 1.165) is 14.6 Å². The fourth-order valence-corrected chi connectivity index (χ4v) is 2.17. The van der Waals surface area contributed by atoms with E-state index in [-0.39, 0.29) is 12.1 Å². The molecule has 2 aromatic rings. The summed E-state index contributed by atoms with van der Waals surface area (Å²) in [5, 5.41) is 0. The lowest BCUT2D eigenvalue weighted by molar-refractivity contribution is 0.692. The number of hydrogen-bond acceptors (Lipinski definition) is 2. The minimum Gasteiger partial charge on any atom is -0.313 e. The quantitative estimate of drug-likeness (QED) is 0.892. The van der Waals surface area contributed by atoms with E-state index in [1.165, 1.54) is 6.20 Å². The van der Waals surface area contributed by atoms with Crippen molar-refractivity contribution >= 4 is 31.9 Å². The summed E-state index contributed by atoms with van der Waals surface area (Å²) in [6.07, 6.45) is 1.35. The SMILES string of the molecule is O=c1[nH]cc(Br)c(=O)n1Cc1ccccc1Br. The third-order valence-corrected chi connectivity index (χ3v) is 3.65. The van der Waals surface area contributed by atoms with Crippen LogP contribution < -0.4 is 11.2 Å². The molecule has 4 nitrogen and oxygen atoms in total. The molecule has 0 amide bonds. The van der Waals surface area contributed by atoms with Crippen molar-refractivity contribution in [2.75, 3.05) is 0 Å². The summed E-state index contributed by atoms with van der Waals surface area (Å²) < 4.78 is 2.35. The number of aromatic nitrogens is 2. The number of benzene rings is 1. The van der Waals surface area contributed by atoms with E-state index >= 15 is 0 Å². The highest BCUT2D eigenvalue weighted by Gasteiger charge is 2.07. The lowest BCUT2D eigenvalue weighted by Crippen LogP contribution is -2.35. The summed E-state index contributed by atoms with van der Waals surface area (Å²) in [6.45, 7) is 0.231. The Morgan fingerprint density at radius 2 is 1.82 bits per heavy atom. The largest absolute Gasteiger partial charge is 0.328 e. The molecule has 0 saturated carbocycles. The maximum atomic E-state index is 11.8. The van der Waals surface area contributed by atoms with Crippen LogP contribution in [0.5, 0.6) is 0 Å². The van der Waals surface area contributed by atoms with E-state index in [1.54, 1.807) is 0 Å². The van der Waals surface area contributed by atoms with Crippen LogP contribution in [0.1, 0.15) is 5.56 Å². The molecule has 2 rings (SSSR count). The van der Waals surface area contributed by atoms with Gasteiger partial charge in [0.05, 0.1) is 11.0 Å². The fraction of sp³-hybridized carbons (Fsp3) is 0.0909. The Labute approximate surface area is 114 Å². The third-order valence-electron chi connectivity index (χ3n) is 2.30. The predicted molar refractivity (Wildman–Crippen MR) is 72.3 cm³/mol. The smallest absolute Gasteiger partial charge is 0.313 e. The number of halogens is 2. The maximum Gasteiger partial charge on any atom is 0.328 e. The highest BCUT2D eigenvalue weighted by molar-refractivity contribution is 9.10. The van der Waals surface area contributed by atoms with Gasteiger partial charge in [-0.3, -0.25) is 9.36 Å². The van der Waals surface area contributed by atoms with Gasteiger partial charge in [0.1, 0.15) is 0 Å². The molecule has 1 N–H and O–H groups in total. The molecule has 0 saturated heterocycles. The molecule has 0 radical (unpaired) electrons. The zero-order valence-corrected chi connectivity index (χ0v) is 11.8. The molecule has 0 spiro atoms. The van der Waals surface area contributed by atoms with Crippen molar-refractivity contribution < 1.29 is 0 Å². The molecule has 88 valence electrons. The third kappa shape index (κ3) is 2.58. The highest BCUT2D eigenvalue weighted by atomic mass is 79.9. The number of H-pyrrole nitrogens is 1. The highest BCUT2D eigenvalue weighted by Crippen LogP contribution is 2.15. The van der Waals surface area contributed by atoms with Gasteiger partial charge in [0.15, 0.2) is 0 Å². The first kappa shape index (κ1) is 12.3. The molecule has 0 aliphatic rings. The Kier molecular flexibility index (Phi) is 3.63. The van der Waals surface area contributed by atoms with Gasteiger partial charge in [-0.15, -0.1) is 0 Å². The van der Waals surface area contributed by atoms with Gasteiger partial charge in [0.2, 0.25) is 0 Å². The molecule has 0 fully saturated rings. The summed E-state index contributed by atoms with van der Waals surface area (Å²) in [4.78, 5) is 25.9. The number of aromatic amines is 1. The van der Waals surface area contributed by atoms with E-state index in [0.29, 0.717) is 4.47 Å². The molecular formula is C11H8Br2N2O2. The number of hydrogen-bond donors (Lipinski definition) is 1. The van der Waals surface area contributed by atoms with Crippen LogP contribution in [0.3, 0.4) is 0 Å². The van der Waals surface area contributed by atoms with Gasteiger partial charge in [0, 0.05) is 10.7 Å². The normalized spacial score (nSPS) is 10.5. The minimum atomic E-state index is -0.422. The summed E-state index contributed by atoms with van der Waals surface area (Å²) in [6, 6.07) is 7.46. The Morgan fingerprint density at radius 3 is 2.53 bits per heavy atom. The van der Waals surface area contributed by atoms with Crippen molar-refractivity contribution in [3.05, 3.63) is 65.8 Å². The van der Waals surface area contributed by atoms with E-state index in [4.69, 9.17) is 0 Å². The number of nitrogens with zero attached hydrogens (tertiary/aromatic N) is 1. The average Bonchev–Trinajstić information content (AvgIpc) is 2.32. The van der Waals surface area contributed by atoms with Crippen LogP contribution in [-0.2, 0) is 6.54 Å². The van der Waals surface area contributed by atoms with E-state index in [9.17, 15) is 9.59 Å². The lowest BCUT2D eigenvalue weighted by atomic mass is 10.2. The number of nitrogens with one attached hydrogen (secondary N) is 1. The van der Waals surface area contributed by atoms with E-state index in [1.807, 2.05) is 24.3 Å². The summed E-state index contributed by atoms with van der Waals surface area (Å²) in [5.74, 6) is 0. The van der Waals surface area contributed by atoms with Crippen molar-refractivity contribution in [2.45, 2.75) is 6.54 Å². The van der Waals surface area contributed by atoms with Crippen LogP contribution in [0.4, 0.5) is 0 Å². The molecule has 1 heterocycles. The van der Waals surface area contributed by atoms with Gasteiger partial charge in [-0.2, -0.15) is 0 Å². The molecule has 1 aromatic carbocycles. The van der Waals surface area contributed by atoms with Crippen molar-refractivity contribution in [2.24, 2.45) is 0 Å². The van der Waals surface area contributed by atoms with Gasteiger partial charge in [-0.25, -0.2) is 4.79 Å². The first-order valence-electron chi connectivity index (χ1n) is 4.81. The fourth-order valence-electron chi connectivity index (χ4n) is 1.43. The van der Waals surface area contributed by atoms with Crippen molar-refractivity contribution in [3.8, 4) is 0 Å². The first-order valence-corrected chi connectivity index (χ1v) is 6.39. The Hall–Kier alpha value is -1.14. The Morgan fingerprint density at radius 1 is 1.12 bits per heavy atom. The van der Waals surface area contributed by atoms with Gasteiger partial charge in [0.25, 0.3) is 5.56 Å². The molecule has 6 heteroatoms. The molecule has 0 unspecified atom stereocenters. The first-order chi connectivity index (χ1) is 8.09. The van der Waals surface area contributed by atoms with Gasteiger partial charge in [-0.1, -0.05) is 34.1 Å². The molecule has 0 aliphatic heterocycles. The standard InChI is InChI=1S/C11H8Br2N2O2/c12-8-4-2-1-3-7(8)6-15-10(16)9(13)5-14-11(15)17/h1-5H,6H2,(H,14,17). The van der Waals surface area contributed by atoms with Gasteiger partial charge >= 0.3 is 5.69 Å². The average molecular weight is 360 g/mol. The number of rotatable bonds is 2. The van der Waals surface area contributed by atoms with E-state index in [2.05, 4.69) is 36.8 Å². The van der Waals surface area contributed by atoms with Crippen molar-refractivity contribution in [3.63, 3.8) is 0 Å². The van der Waals surface area contributed by atoms with Crippen LogP contribution in [0.15, 0.2) is 49.0 Å². The second-order valence-corrected chi connectivity index (χ2v) is 5.13. The second-order valence-electron chi connectivity index (χ2n) is 3.42. The van der Waals surface area contributed by atoms with Crippen LogP contribution >= 0.6 is 31.9 Å². The zero-order chi connectivity index (χ0) is 12.4. The van der Waals surface area contributed by atoms with Gasteiger partial charge in [-0.05, 0) is 27.6 Å². The van der Waals surface area contributed by atoms with E-state index < -0.39 is 5.69 Å². The Balaban J connectivity index is 2.51. The van der Waals surface area contributed by atoms with Gasteiger partial charge < -0.3 is 4.98 Å². The topological polar surface area (TPSA) is 54.9 Å². The molecule has 1 aromatic heterocycles. The Bertz CT molecular complexity index is 661. The summed E-state index contributed by atoms with van der Waals surface area (Å²) >= 11 is 6.48. The lowest BCUT2D eigenvalue weighted by Gasteiger charge is -2.06. The monoisotopic (exact) mass is 358 g/mol. The maximum absolute atomic E-state index is 11.8. The predicted octanol–water partition coefficient (Wildman–Crippen LogP) is 2.11. The summed E-state index contributed by atoms with van der Waals surface area (Å²) in [5.41, 5.74) is 0.108. The van der Waals surface area contributed by atoms with Crippen molar-refractivity contribution in [1.29, 1.82) is 0 Å². The van der Waals surface area contributed by atoms with Crippen molar-refractivity contribution in [1.82, 2.24) is 9.55 Å². The molecule has 0 bridgehead atoms. The second kappa shape index (κ2) is 5.01. The molecule has 0 atom stereocenters. The van der Waals surface area contributed by atoms with Crippen LogP contribution in [0.25, 0.3) is 0 Å². The molecule has 0 aliphatic carbocycles. The summed E-state index contributed by atoms with van der Waals surface area (Å²) in [7, 11) is 0. The molecule has 17 heavy (non-hydrogen) atoms. The van der Waals surface area contributed by atoms with Crippen LogP contribution in [0.2, 0.25) is 0 Å². The molecular weight excluding hydrogens is 352 g/mol. The van der Waals surface area contributed by atoms with Crippen LogP contribution in [-0.4, -0.2) is 9.55 Å². The zero-order valence-electron chi connectivity index (χ0n) is 8.61. The van der Waals surface area contributed by atoms with Crippen LogP contribution in [0, 0.1) is 0 Å².